The molecule has 0 spiro atoms. The molecule has 2 atom stereocenters. The van der Waals surface area contributed by atoms with Gasteiger partial charge in [0.15, 0.2) is 0 Å². The van der Waals surface area contributed by atoms with E-state index in [4.69, 9.17) is 0 Å². The highest BCUT2D eigenvalue weighted by molar-refractivity contribution is 9.10. The van der Waals surface area contributed by atoms with E-state index in [1.807, 2.05) is 0 Å². The van der Waals surface area contributed by atoms with Gasteiger partial charge in [-0.05, 0) is 49.1 Å². The van der Waals surface area contributed by atoms with E-state index < -0.39 is 0 Å². The van der Waals surface area contributed by atoms with E-state index in [1.165, 1.54) is 16.7 Å². The predicted molar refractivity (Wildman–Crippen MR) is 89.9 cm³/mol. The molecule has 2 heteroatoms. The Morgan fingerprint density at radius 2 is 1.30 bits per heavy atom. The number of nitrogens with one attached hydrogen (secondary N) is 1. The van der Waals surface area contributed by atoms with Gasteiger partial charge >= 0.3 is 0 Å². The predicted octanol–water partition coefficient (Wildman–Crippen LogP) is 5.42. The van der Waals surface area contributed by atoms with Crippen molar-refractivity contribution in [1.29, 1.82) is 0 Å². The molecule has 2 aromatic rings. The summed E-state index contributed by atoms with van der Waals surface area (Å²) in [5.74, 6) is 0. The highest BCUT2D eigenvalue weighted by Gasteiger charge is 2.10. The molecule has 0 aliphatic heterocycles. The second-order valence-corrected chi connectivity index (χ2v) is 6.17. The van der Waals surface area contributed by atoms with E-state index in [0.29, 0.717) is 12.1 Å². The third-order valence-electron chi connectivity index (χ3n) is 3.76. The molecule has 0 saturated heterocycles. The minimum Gasteiger partial charge on any atom is -0.304 e. The van der Waals surface area contributed by atoms with E-state index in [1.54, 1.807) is 0 Å². The summed E-state index contributed by atoms with van der Waals surface area (Å²) in [5, 5.41) is 3.65. The Labute approximate surface area is 130 Å². The second kappa shape index (κ2) is 7.05. The first-order chi connectivity index (χ1) is 9.60. The Morgan fingerprint density at radius 1 is 0.850 bits per heavy atom. The molecule has 0 aliphatic rings. The summed E-state index contributed by atoms with van der Waals surface area (Å²) < 4.78 is 1.12. The normalized spacial score (nSPS) is 14.0. The van der Waals surface area contributed by atoms with E-state index in [-0.39, 0.29) is 0 Å². The molecular formula is C18H22BrN. The van der Waals surface area contributed by atoms with Crippen LogP contribution in [0.15, 0.2) is 53.0 Å². The lowest BCUT2D eigenvalue weighted by Gasteiger charge is -2.21. The molecule has 0 radical (unpaired) electrons. The molecular weight excluding hydrogens is 310 g/mol. The van der Waals surface area contributed by atoms with Crippen molar-refractivity contribution < 1.29 is 0 Å². The van der Waals surface area contributed by atoms with Crippen LogP contribution in [0.5, 0.6) is 0 Å². The number of hydrogen-bond acceptors (Lipinski definition) is 1. The zero-order valence-corrected chi connectivity index (χ0v) is 13.9. The fraction of sp³-hybridized carbons (Fsp3) is 0.333. The fourth-order valence-electron chi connectivity index (χ4n) is 2.36. The monoisotopic (exact) mass is 331 g/mol. The van der Waals surface area contributed by atoms with Crippen molar-refractivity contribution in [3.63, 3.8) is 0 Å². The molecule has 2 aromatic carbocycles. The van der Waals surface area contributed by atoms with Gasteiger partial charge in [0.1, 0.15) is 0 Å². The Hall–Kier alpha value is -1.12. The van der Waals surface area contributed by atoms with Crippen molar-refractivity contribution in [3.8, 4) is 0 Å². The maximum Gasteiger partial charge on any atom is 0.0297 e. The van der Waals surface area contributed by atoms with Gasteiger partial charge < -0.3 is 5.32 Å². The van der Waals surface area contributed by atoms with Crippen molar-refractivity contribution in [2.24, 2.45) is 0 Å². The number of hydrogen-bond donors (Lipinski definition) is 1. The van der Waals surface area contributed by atoms with E-state index in [0.717, 1.165) is 10.9 Å². The summed E-state index contributed by atoms with van der Waals surface area (Å²) >= 11 is 3.48. The van der Waals surface area contributed by atoms with Gasteiger partial charge in [-0.25, -0.2) is 0 Å². The summed E-state index contributed by atoms with van der Waals surface area (Å²) in [4.78, 5) is 0. The number of rotatable bonds is 5. The van der Waals surface area contributed by atoms with Gasteiger partial charge in [-0.15, -0.1) is 0 Å². The first-order valence-corrected chi connectivity index (χ1v) is 7.99. The van der Waals surface area contributed by atoms with Crippen molar-refractivity contribution in [2.45, 2.75) is 39.3 Å². The lowest BCUT2D eigenvalue weighted by molar-refractivity contribution is 0.494. The zero-order chi connectivity index (χ0) is 14.5. The zero-order valence-electron chi connectivity index (χ0n) is 12.4. The van der Waals surface area contributed by atoms with Crippen molar-refractivity contribution >= 4 is 15.9 Å². The fourth-order valence-corrected chi connectivity index (χ4v) is 2.63. The molecule has 20 heavy (non-hydrogen) atoms. The quantitative estimate of drug-likeness (QED) is 0.770. The van der Waals surface area contributed by atoms with Gasteiger partial charge in [0.2, 0.25) is 0 Å². The van der Waals surface area contributed by atoms with Gasteiger partial charge in [-0.1, -0.05) is 59.3 Å². The molecule has 0 amide bonds. The van der Waals surface area contributed by atoms with Crippen LogP contribution in [0.4, 0.5) is 0 Å². The molecule has 0 heterocycles. The number of benzene rings is 2. The molecule has 0 bridgehead atoms. The summed E-state index contributed by atoms with van der Waals surface area (Å²) in [6, 6.07) is 18.1. The Balaban J connectivity index is 2.02. The number of halogens is 1. The van der Waals surface area contributed by atoms with Crippen LogP contribution in [-0.2, 0) is 6.42 Å². The van der Waals surface area contributed by atoms with Gasteiger partial charge in [0, 0.05) is 16.6 Å². The standard InChI is InChI=1S/C18H22BrN/c1-4-15-5-7-16(8-6-15)13(2)20-14(3)17-9-11-18(19)12-10-17/h5-14,20H,4H2,1-3H3. The van der Waals surface area contributed by atoms with Crippen LogP contribution in [0, 0.1) is 0 Å². The van der Waals surface area contributed by atoms with Crippen molar-refractivity contribution in [2.75, 3.05) is 0 Å². The van der Waals surface area contributed by atoms with Gasteiger partial charge in [-0.3, -0.25) is 0 Å². The van der Waals surface area contributed by atoms with Gasteiger partial charge in [0.25, 0.3) is 0 Å². The average molecular weight is 332 g/mol. The maximum absolute atomic E-state index is 3.65. The molecule has 0 fully saturated rings. The van der Waals surface area contributed by atoms with Crippen LogP contribution in [-0.4, -0.2) is 0 Å². The Morgan fingerprint density at radius 3 is 1.75 bits per heavy atom. The van der Waals surface area contributed by atoms with E-state index >= 15 is 0 Å². The lowest BCUT2D eigenvalue weighted by atomic mass is 10.0. The SMILES string of the molecule is CCc1ccc(C(C)NC(C)c2ccc(Br)cc2)cc1. The number of aryl methyl sites for hydroxylation is 1. The highest BCUT2D eigenvalue weighted by atomic mass is 79.9. The molecule has 0 aliphatic carbocycles. The minimum absolute atomic E-state index is 0.337. The minimum atomic E-state index is 0.337. The Kier molecular flexibility index (Phi) is 5.38. The van der Waals surface area contributed by atoms with Gasteiger partial charge in [-0.2, -0.15) is 0 Å². The maximum atomic E-state index is 3.65. The highest BCUT2D eigenvalue weighted by Crippen LogP contribution is 2.21. The van der Waals surface area contributed by atoms with Crippen LogP contribution >= 0.6 is 15.9 Å². The van der Waals surface area contributed by atoms with Crippen LogP contribution in [0.1, 0.15) is 49.5 Å². The van der Waals surface area contributed by atoms with Crippen molar-refractivity contribution in [1.82, 2.24) is 5.32 Å². The Bertz CT molecular complexity index is 530. The van der Waals surface area contributed by atoms with Crippen LogP contribution in [0.2, 0.25) is 0 Å². The molecule has 1 N–H and O–H groups in total. The van der Waals surface area contributed by atoms with Gasteiger partial charge in [0.05, 0.1) is 0 Å². The molecule has 2 unspecified atom stereocenters. The van der Waals surface area contributed by atoms with Crippen molar-refractivity contribution in [3.05, 3.63) is 69.7 Å². The topological polar surface area (TPSA) is 12.0 Å². The van der Waals surface area contributed by atoms with Crippen LogP contribution in [0.3, 0.4) is 0 Å². The molecule has 1 nitrogen and oxygen atoms in total. The third kappa shape index (κ3) is 3.94. The average Bonchev–Trinajstić information content (AvgIpc) is 2.48. The van der Waals surface area contributed by atoms with E-state index in [9.17, 15) is 0 Å². The second-order valence-electron chi connectivity index (χ2n) is 5.26. The van der Waals surface area contributed by atoms with E-state index in [2.05, 4.69) is 90.5 Å². The summed E-state index contributed by atoms with van der Waals surface area (Å²) in [7, 11) is 0. The van der Waals surface area contributed by atoms with Crippen LogP contribution in [0.25, 0.3) is 0 Å². The first-order valence-electron chi connectivity index (χ1n) is 7.20. The first kappa shape index (κ1) is 15.3. The summed E-state index contributed by atoms with van der Waals surface area (Å²) in [6.45, 7) is 6.61. The smallest absolute Gasteiger partial charge is 0.0297 e. The molecule has 0 aromatic heterocycles. The largest absolute Gasteiger partial charge is 0.304 e. The molecule has 2 rings (SSSR count). The molecule has 0 saturated carbocycles. The summed E-state index contributed by atoms with van der Waals surface area (Å²) in [6.07, 6.45) is 1.09. The third-order valence-corrected chi connectivity index (χ3v) is 4.29. The summed E-state index contributed by atoms with van der Waals surface area (Å²) in [5.41, 5.74) is 4.04. The molecule has 106 valence electrons. The lowest BCUT2D eigenvalue weighted by Crippen LogP contribution is -2.22. The van der Waals surface area contributed by atoms with Crippen LogP contribution < -0.4 is 5.32 Å².